The van der Waals surface area contributed by atoms with E-state index in [1.54, 1.807) is 0 Å². The number of alkyl halides is 3. The molecule has 0 fully saturated rings. The molecule has 3 aromatic carbocycles. The molecule has 0 unspecified atom stereocenters. The summed E-state index contributed by atoms with van der Waals surface area (Å²) >= 11 is 0. The number of fused-ring (bicyclic) bond motifs is 1. The largest absolute Gasteiger partial charge is 0.416 e. The van der Waals surface area contributed by atoms with Crippen molar-refractivity contribution >= 4 is 22.4 Å². The molecule has 212 valence electrons. The predicted molar refractivity (Wildman–Crippen MR) is 159 cm³/mol. The van der Waals surface area contributed by atoms with Crippen LogP contribution in [0.15, 0.2) is 66.7 Å². The Balaban J connectivity index is 1.75. The molecule has 1 aromatic heterocycles. The van der Waals surface area contributed by atoms with Crippen LogP contribution in [0.1, 0.15) is 5.56 Å². The maximum absolute atomic E-state index is 13.5. The Bertz CT molecular complexity index is 1420. The standard InChI is InChI=1S/C31H37F3N6/c1-37(2)17-19-39(5)25-12-7-22(8-13-25)29-30(23-9-14-26(15-10-23)40(6)20-18-38(3)4)36-28-21-24(31(32,33)34)11-16-27(28)35-29/h7-16,21H,17-20H2,1-6H3. The maximum atomic E-state index is 13.5. The Morgan fingerprint density at radius 1 is 0.550 bits per heavy atom. The summed E-state index contributed by atoms with van der Waals surface area (Å²) in [6, 6.07) is 19.5. The van der Waals surface area contributed by atoms with Crippen molar-refractivity contribution in [2.75, 3.05) is 78.3 Å². The van der Waals surface area contributed by atoms with Gasteiger partial charge in [0.25, 0.3) is 0 Å². The van der Waals surface area contributed by atoms with Gasteiger partial charge in [0.1, 0.15) is 0 Å². The van der Waals surface area contributed by atoms with Crippen LogP contribution in [0.3, 0.4) is 0 Å². The van der Waals surface area contributed by atoms with Crippen LogP contribution in [-0.2, 0) is 6.18 Å². The van der Waals surface area contributed by atoms with E-state index < -0.39 is 11.7 Å². The summed E-state index contributed by atoms with van der Waals surface area (Å²) < 4.78 is 40.4. The highest BCUT2D eigenvalue weighted by Crippen LogP contribution is 2.35. The van der Waals surface area contributed by atoms with E-state index in [0.29, 0.717) is 16.9 Å². The Kier molecular flexibility index (Phi) is 8.95. The van der Waals surface area contributed by atoms with Crippen molar-refractivity contribution in [1.82, 2.24) is 19.8 Å². The molecule has 0 saturated heterocycles. The maximum Gasteiger partial charge on any atom is 0.416 e. The lowest BCUT2D eigenvalue weighted by Gasteiger charge is -2.22. The third kappa shape index (κ3) is 7.08. The van der Waals surface area contributed by atoms with Crippen LogP contribution in [0.25, 0.3) is 33.5 Å². The van der Waals surface area contributed by atoms with Gasteiger partial charge in [0.2, 0.25) is 0 Å². The van der Waals surface area contributed by atoms with E-state index in [1.807, 2.05) is 83.8 Å². The van der Waals surface area contributed by atoms with Gasteiger partial charge < -0.3 is 19.6 Å². The van der Waals surface area contributed by atoms with Crippen LogP contribution in [-0.4, -0.2) is 88.2 Å². The van der Waals surface area contributed by atoms with E-state index in [1.165, 1.54) is 6.07 Å². The van der Waals surface area contributed by atoms with E-state index in [2.05, 4.69) is 26.6 Å². The Hall–Kier alpha value is -3.69. The van der Waals surface area contributed by atoms with Gasteiger partial charge in [0.05, 0.1) is 28.0 Å². The average Bonchev–Trinajstić information content (AvgIpc) is 2.93. The van der Waals surface area contributed by atoms with Crippen LogP contribution in [0, 0.1) is 0 Å². The summed E-state index contributed by atoms with van der Waals surface area (Å²) in [7, 11) is 12.3. The number of nitrogens with zero attached hydrogens (tertiary/aromatic N) is 6. The Labute approximate surface area is 234 Å². The summed E-state index contributed by atoms with van der Waals surface area (Å²) in [6.07, 6.45) is -4.46. The van der Waals surface area contributed by atoms with Crippen molar-refractivity contribution in [2.45, 2.75) is 6.18 Å². The first-order valence-corrected chi connectivity index (χ1v) is 13.2. The van der Waals surface area contributed by atoms with E-state index in [0.717, 1.165) is 60.8 Å². The highest BCUT2D eigenvalue weighted by Gasteiger charge is 2.31. The molecule has 0 amide bonds. The van der Waals surface area contributed by atoms with Crippen LogP contribution >= 0.6 is 0 Å². The molecule has 0 radical (unpaired) electrons. The van der Waals surface area contributed by atoms with Gasteiger partial charge >= 0.3 is 6.18 Å². The average molecular weight is 551 g/mol. The van der Waals surface area contributed by atoms with Gasteiger partial charge in [-0.2, -0.15) is 13.2 Å². The first-order chi connectivity index (χ1) is 18.9. The molecule has 0 spiro atoms. The highest BCUT2D eigenvalue weighted by molar-refractivity contribution is 5.87. The summed E-state index contributed by atoms with van der Waals surface area (Å²) in [5, 5.41) is 0. The smallest absolute Gasteiger partial charge is 0.373 e. The van der Waals surface area contributed by atoms with E-state index in [-0.39, 0.29) is 5.52 Å². The molecule has 0 aliphatic carbocycles. The number of halogens is 3. The number of hydrogen-bond acceptors (Lipinski definition) is 6. The topological polar surface area (TPSA) is 38.7 Å². The molecule has 9 heteroatoms. The number of benzene rings is 3. The fourth-order valence-electron chi connectivity index (χ4n) is 4.34. The predicted octanol–water partition coefficient (Wildman–Crippen LogP) is 5.98. The zero-order valence-corrected chi connectivity index (χ0v) is 24.0. The SMILES string of the molecule is CN(C)CCN(C)c1ccc(-c2nc3ccc(C(F)(F)F)cc3nc2-c2ccc(N(C)CCN(C)C)cc2)cc1. The van der Waals surface area contributed by atoms with Gasteiger partial charge in [-0.25, -0.2) is 9.97 Å². The minimum absolute atomic E-state index is 0.209. The lowest BCUT2D eigenvalue weighted by molar-refractivity contribution is -0.137. The van der Waals surface area contributed by atoms with Gasteiger partial charge in [-0.1, -0.05) is 24.3 Å². The molecule has 40 heavy (non-hydrogen) atoms. The monoisotopic (exact) mass is 550 g/mol. The summed E-state index contributed by atoms with van der Waals surface area (Å²) in [5.74, 6) is 0. The second kappa shape index (κ2) is 12.2. The van der Waals surface area contributed by atoms with Gasteiger partial charge in [-0.05, 0) is 70.7 Å². The normalized spacial score (nSPS) is 12.0. The quantitative estimate of drug-likeness (QED) is 0.242. The van der Waals surface area contributed by atoms with Gasteiger partial charge in [-0.3, -0.25) is 0 Å². The van der Waals surface area contributed by atoms with Crippen LogP contribution in [0.5, 0.6) is 0 Å². The zero-order chi connectivity index (χ0) is 29.0. The van der Waals surface area contributed by atoms with Crippen molar-refractivity contribution in [3.63, 3.8) is 0 Å². The molecule has 0 saturated carbocycles. The number of rotatable bonds is 10. The molecule has 4 aromatic rings. The molecule has 4 rings (SSSR count). The molecule has 0 aliphatic heterocycles. The van der Waals surface area contributed by atoms with Gasteiger partial charge in [0.15, 0.2) is 0 Å². The first-order valence-electron chi connectivity index (χ1n) is 13.2. The van der Waals surface area contributed by atoms with Crippen molar-refractivity contribution in [3.8, 4) is 22.5 Å². The lowest BCUT2D eigenvalue weighted by Crippen LogP contribution is -2.28. The number of hydrogen-bond donors (Lipinski definition) is 0. The second-order valence-electron chi connectivity index (χ2n) is 10.7. The molecular weight excluding hydrogens is 513 g/mol. The molecule has 6 nitrogen and oxygen atoms in total. The van der Waals surface area contributed by atoms with Gasteiger partial charge in [0, 0.05) is 62.8 Å². The van der Waals surface area contributed by atoms with Crippen LogP contribution in [0.2, 0.25) is 0 Å². The summed E-state index contributed by atoms with van der Waals surface area (Å²) in [5.41, 5.74) is 4.81. The molecule has 0 atom stereocenters. The fraction of sp³-hybridized carbons (Fsp3) is 0.355. The van der Waals surface area contributed by atoms with E-state index in [9.17, 15) is 13.2 Å². The highest BCUT2D eigenvalue weighted by atomic mass is 19.4. The fourth-order valence-corrected chi connectivity index (χ4v) is 4.34. The number of anilines is 2. The summed E-state index contributed by atoms with van der Waals surface area (Å²) in [6.45, 7) is 3.59. The van der Waals surface area contributed by atoms with E-state index in [4.69, 9.17) is 9.97 Å². The third-order valence-corrected chi connectivity index (χ3v) is 6.92. The minimum atomic E-state index is -4.46. The van der Waals surface area contributed by atoms with Gasteiger partial charge in [-0.15, -0.1) is 0 Å². The Morgan fingerprint density at radius 2 is 0.975 bits per heavy atom. The van der Waals surface area contributed by atoms with Crippen molar-refractivity contribution < 1.29 is 13.2 Å². The minimum Gasteiger partial charge on any atom is -0.373 e. The lowest BCUT2D eigenvalue weighted by atomic mass is 10.0. The molecule has 0 aliphatic rings. The van der Waals surface area contributed by atoms with Crippen molar-refractivity contribution in [2.24, 2.45) is 0 Å². The first kappa shape index (κ1) is 29.3. The van der Waals surface area contributed by atoms with Crippen molar-refractivity contribution in [1.29, 1.82) is 0 Å². The second-order valence-corrected chi connectivity index (χ2v) is 10.7. The molecular formula is C31H37F3N6. The van der Waals surface area contributed by atoms with Crippen LogP contribution < -0.4 is 9.80 Å². The molecule has 0 bridgehead atoms. The molecule has 0 N–H and O–H groups in total. The van der Waals surface area contributed by atoms with Crippen LogP contribution in [0.4, 0.5) is 24.5 Å². The molecule has 1 heterocycles. The summed E-state index contributed by atoms with van der Waals surface area (Å²) in [4.78, 5) is 18.2. The van der Waals surface area contributed by atoms with Crippen molar-refractivity contribution in [3.05, 3.63) is 72.3 Å². The third-order valence-electron chi connectivity index (χ3n) is 6.92. The zero-order valence-electron chi connectivity index (χ0n) is 24.0. The number of aromatic nitrogens is 2. The number of likely N-dealkylation sites (N-methyl/N-ethyl adjacent to an activating group) is 4. The van der Waals surface area contributed by atoms with E-state index >= 15 is 0 Å². The Morgan fingerprint density at radius 3 is 1.38 bits per heavy atom.